The molecule has 76 valence electrons. The Bertz CT molecular complexity index is 321. The first-order valence-corrected chi connectivity index (χ1v) is 4.82. The SMILES string of the molecule is Bc1cnc(Cl)nc1N[C@H](C)[C@@H](C)O. The summed E-state index contributed by atoms with van der Waals surface area (Å²) in [6.45, 7) is 3.59. The van der Waals surface area contributed by atoms with Crippen LogP contribution in [0.25, 0.3) is 0 Å². The Morgan fingerprint density at radius 1 is 1.57 bits per heavy atom. The average Bonchev–Trinajstić information content (AvgIpc) is 2.11. The second-order valence-corrected chi connectivity index (χ2v) is 3.68. The molecule has 1 rings (SSSR count). The van der Waals surface area contributed by atoms with Crippen LogP contribution in [-0.4, -0.2) is 35.1 Å². The summed E-state index contributed by atoms with van der Waals surface area (Å²) in [5.74, 6) is 0.665. The first-order valence-electron chi connectivity index (χ1n) is 4.44. The van der Waals surface area contributed by atoms with Crippen LogP contribution in [-0.2, 0) is 0 Å². The lowest BCUT2D eigenvalue weighted by atomic mass is 9.99. The number of nitrogens with one attached hydrogen (secondary N) is 1. The third-order valence-corrected chi connectivity index (χ3v) is 2.21. The Hall–Kier alpha value is -0.805. The minimum Gasteiger partial charge on any atom is -0.391 e. The molecule has 2 atom stereocenters. The molecule has 0 amide bonds. The van der Waals surface area contributed by atoms with E-state index in [-0.39, 0.29) is 11.3 Å². The average molecular weight is 213 g/mol. The summed E-state index contributed by atoms with van der Waals surface area (Å²) in [5, 5.41) is 12.6. The van der Waals surface area contributed by atoms with Gasteiger partial charge in [0.1, 0.15) is 13.7 Å². The Morgan fingerprint density at radius 3 is 2.79 bits per heavy atom. The molecule has 0 saturated heterocycles. The fraction of sp³-hybridized carbons (Fsp3) is 0.500. The van der Waals surface area contributed by atoms with Crippen molar-refractivity contribution in [3.8, 4) is 0 Å². The number of hydrogen-bond donors (Lipinski definition) is 2. The number of aromatic nitrogens is 2. The third kappa shape index (κ3) is 2.85. The molecular weight excluding hydrogens is 200 g/mol. The van der Waals surface area contributed by atoms with Gasteiger partial charge in [-0.25, -0.2) is 9.97 Å². The van der Waals surface area contributed by atoms with Crippen molar-refractivity contribution >= 4 is 30.7 Å². The fourth-order valence-electron chi connectivity index (χ4n) is 0.903. The van der Waals surface area contributed by atoms with E-state index in [4.69, 9.17) is 11.6 Å². The van der Waals surface area contributed by atoms with Gasteiger partial charge in [-0.2, -0.15) is 0 Å². The zero-order valence-electron chi connectivity index (χ0n) is 8.45. The zero-order valence-corrected chi connectivity index (χ0v) is 9.21. The van der Waals surface area contributed by atoms with Crippen molar-refractivity contribution in [3.05, 3.63) is 11.5 Å². The lowest BCUT2D eigenvalue weighted by molar-refractivity contribution is 0.178. The van der Waals surface area contributed by atoms with E-state index in [1.54, 1.807) is 13.1 Å². The Kier molecular flexibility index (Phi) is 3.72. The van der Waals surface area contributed by atoms with Gasteiger partial charge < -0.3 is 10.4 Å². The Morgan fingerprint density at radius 2 is 2.21 bits per heavy atom. The van der Waals surface area contributed by atoms with Gasteiger partial charge in [-0.15, -0.1) is 0 Å². The van der Waals surface area contributed by atoms with Crippen molar-refractivity contribution < 1.29 is 5.11 Å². The van der Waals surface area contributed by atoms with E-state index in [0.29, 0.717) is 5.82 Å². The van der Waals surface area contributed by atoms with Crippen LogP contribution >= 0.6 is 11.6 Å². The fourth-order valence-corrected chi connectivity index (χ4v) is 1.04. The van der Waals surface area contributed by atoms with Crippen LogP contribution in [0.2, 0.25) is 5.28 Å². The number of aliphatic hydroxyl groups is 1. The van der Waals surface area contributed by atoms with Gasteiger partial charge in [0, 0.05) is 6.20 Å². The van der Waals surface area contributed by atoms with Gasteiger partial charge in [-0.1, -0.05) is 0 Å². The second-order valence-electron chi connectivity index (χ2n) is 3.34. The predicted molar refractivity (Wildman–Crippen MR) is 60.0 cm³/mol. The van der Waals surface area contributed by atoms with E-state index in [2.05, 4.69) is 15.3 Å². The number of anilines is 1. The van der Waals surface area contributed by atoms with E-state index >= 15 is 0 Å². The number of aliphatic hydroxyl groups excluding tert-OH is 1. The van der Waals surface area contributed by atoms with Crippen molar-refractivity contribution in [2.45, 2.75) is 26.0 Å². The number of nitrogens with zero attached hydrogens (tertiary/aromatic N) is 2. The van der Waals surface area contributed by atoms with Crippen molar-refractivity contribution in [1.82, 2.24) is 9.97 Å². The van der Waals surface area contributed by atoms with Crippen LogP contribution in [0.4, 0.5) is 5.82 Å². The molecule has 0 unspecified atom stereocenters. The molecule has 0 aliphatic heterocycles. The third-order valence-electron chi connectivity index (χ3n) is 2.03. The van der Waals surface area contributed by atoms with Gasteiger partial charge in [0.25, 0.3) is 0 Å². The molecule has 0 saturated carbocycles. The van der Waals surface area contributed by atoms with E-state index in [9.17, 15) is 5.11 Å². The molecule has 0 fully saturated rings. The maximum absolute atomic E-state index is 9.30. The number of halogens is 1. The molecule has 1 heterocycles. The standard InChI is InChI=1S/C8H13BClN3O/c1-4(5(2)14)12-7-6(9)3-11-8(10)13-7/h3-5,14H,9H2,1-2H3,(H,11,12,13)/t4-,5-/m1/s1. The van der Waals surface area contributed by atoms with Crippen molar-refractivity contribution in [2.24, 2.45) is 0 Å². The lowest BCUT2D eigenvalue weighted by Gasteiger charge is -2.18. The minimum absolute atomic E-state index is 0.0698. The summed E-state index contributed by atoms with van der Waals surface area (Å²) in [6.07, 6.45) is 1.20. The molecule has 0 radical (unpaired) electrons. The van der Waals surface area contributed by atoms with E-state index in [1.165, 1.54) is 0 Å². The van der Waals surface area contributed by atoms with Crippen LogP contribution in [0.1, 0.15) is 13.8 Å². The molecule has 0 aromatic carbocycles. The summed E-state index contributed by atoms with van der Waals surface area (Å²) in [5.41, 5.74) is 0.905. The smallest absolute Gasteiger partial charge is 0.224 e. The quantitative estimate of drug-likeness (QED) is 0.528. The van der Waals surface area contributed by atoms with E-state index in [0.717, 1.165) is 5.46 Å². The van der Waals surface area contributed by atoms with Crippen molar-refractivity contribution in [1.29, 1.82) is 0 Å². The van der Waals surface area contributed by atoms with Gasteiger partial charge in [-0.05, 0) is 30.9 Å². The monoisotopic (exact) mass is 213 g/mol. The first kappa shape index (κ1) is 11.3. The van der Waals surface area contributed by atoms with Crippen LogP contribution < -0.4 is 10.8 Å². The molecule has 0 bridgehead atoms. The van der Waals surface area contributed by atoms with Crippen LogP contribution in [0.3, 0.4) is 0 Å². The van der Waals surface area contributed by atoms with Crippen molar-refractivity contribution in [3.63, 3.8) is 0 Å². The van der Waals surface area contributed by atoms with Crippen LogP contribution in [0.5, 0.6) is 0 Å². The van der Waals surface area contributed by atoms with E-state index < -0.39 is 6.10 Å². The largest absolute Gasteiger partial charge is 0.391 e. The lowest BCUT2D eigenvalue weighted by Crippen LogP contribution is -2.31. The normalized spacial score (nSPS) is 14.9. The molecule has 14 heavy (non-hydrogen) atoms. The highest BCUT2D eigenvalue weighted by atomic mass is 35.5. The number of hydrogen-bond acceptors (Lipinski definition) is 4. The topological polar surface area (TPSA) is 58.0 Å². The molecule has 1 aromatic rings. The zero-order chi connectivity index (χ0) is 10.7. The molecule has 2 N–H and O–H groups in total. The van der Waals surface area contributed by atoms with Gasteiger partial charge in [-0.3, -0.25) is 0 Å². The second kappa shape index (κ2) is 4.62. The molecule has 0 aliphatic carbocycles. The molecule has 1 aromatic heterocycles. The van der Waals surface area contributed by atoms with Crippen molar-refractivity contribution in [2.75, 3.05) is 5.32 Å². The predicted octanol–water partition coefficient (Wildman–Crippen LogP) is -0.430. The van der Waals surface area contributed by atoms with Gasteiger partial charge in [0.05, 0.1) is 12.1 Å². The first-order chi connectivity index (χ1) is 6.50. The highest BCUT2D eigenvalue weighted by molar-refractivity contribution is 6.35. The molecule has 4 nitrogen and oxygen atoms in total. The summed E-state index contributed by atoms with van der Waals surface area (Å²) >= 11 is 5.66. The van der Waals surface area contributed by atoms with E-state index in [1.807, 2.05) is 14.8 Å². The molecule has 0 spiro atoms. The highest BCUT2D eigenvalue weighted by Crippen LogP contribution is 2.06. The minimum atomic E-state index is -0.442. The Labute approximate surface area is 89.1 Å². The highest BCUT2D eigenvalue weighted by Gasteiger charge is 2.10. The maximum Gasteiger partial charge on any atom is 0.224 e. The summed E-state index contributed by atoms with van der Waals surface area (Å²) in [4.78, 5) is 7.87. The summed E-state index contributed by atoms with van der Waals surface area (Å²) < 4.78 is 0. The number of rotatable bonds is 3. The van der Waals surface area contributed by atoms with Gasteiger partial charge in [0.15, 0.2) is 0 Å². The summed E-state index contributed by atoms with van der Waals surface area (Å²) in [7, 11) is 1.88. The van der Waals surface area contributed by atoms with Gasteiger partial charge in [0.2, 0.25) is 5.28 Å². The van der Waals surface area contributed by atoms with Gasteiger partial charge >= 0.3 is 0 Å². The van der Waals surface area contributed by atoms with Crippen LogP contribution in [0, 0.1) is 0 Å². The Balaban J connectivity index is 2.80. The summed E-state index contributed by atoms with van der Waals surface area (Å²) in [6, 6.07) is -0.0698. The van der Waals surface area contributed by atoms with Crippen LogP contribution in [0.15, 0.2) is 6.20 Å². The molecule has 6 heteroatoms. The molecule has 0 aliphatic rings. The molecular formula is C8H13BClN3O. The maximum atomic E-state index is 9.30.